The van der Waals surface area contributed by atoms with Crippen LogP contribution in [-0.4, -0.2) is 46.7 Å². The number of nitrogens with one attached hydrogen (secondary N) is 1. The Balaban J connectivity index is 1.80. The third kappa shape index (κ3) is 6.76. The molecule has 8 heteroatoms. The van der Waals surface area contributed by atoms with Crippen LogP contribution in [0, 0.1) is 5.92 Å². The van der Waals surface area contributed by atoms with Crippen LogP contribution in [0.2, 0.25) is 0 Å². The molecule has 1 atom stereocenters. The number of benzene rings is 2. The summed E-state index contributed by atoms with van der Waals surface area (Å²) in [6.45, 7) is 6.50. The maximum atomic E-state index is 12.6. The molecule has 3 rings (SSSR count). The minimum absolute atomic E-state index is 0.00910. The van der Waals surface area contributed by atoms with E-state index < -0.39 is 0 Å². The summed E-state index contributed by atoms with van der Waals surface area (Å²) in [6.07, 6.45) is 3.26. The molecular formula is C26H34N4O3S. The van der Waals surface area contributed by atoms with E-state index in [4.69, 9.17) is 9.47 Å². The lowest BCUT2D eigenvalue weighted by atomic mass is 10.0. The Morgan fingerprint density at radius 3 is 2.41 bits per heavy atom. The molecular weight excluding hydrogens is 448 g/mol. The lowest BCUT2D eigenvalue weighted by Gasteiger charge is -2.15. The number of hydrogen-bond acceptors (Lipinski definition) is 6. The second-order valence-corrected chi connectivity index (χ2v) is 9.56. The van der Waals surface area contributed by atoms with Crippen molar-refractivity contribution in [3.8, 4) is 28.6 Å². The molecule has 0 aliphatic rings. The molecule has 0 aliphatic carbocycles. The van der Waals surface area contributed by atoms with Gasteiger partial charge in [-0.15, -0.1) is 10.2 Å². The van der Waals surface area contributed by atoms with Crippen LogP contribution in [0.25, 0.3) is 17.1 Å². The third-order valence-corrected chi connectivity index (χ3v) is 6.40. The number of carbonyl (C=O) groups is 1. The summed E-state index contributed by atoms with van der Waals surface area (Å²) in [4.78, 5) is 12.6. The zero-order valence-electron chi connectivity index (χ0n) is 20.6. The normalized spacial score (nSPS) is 11.9. The molecule has 0 spiro atoms. The number of carbonyl (C=O) groups excluding carboxylic acids is 1. The zero-order valence-corrected chi connectivity index (χ0v) is 21.4. The Hall–Kier alpha value is -3.00. The molecule has 1 heterocycles. The summed E-state index contributed by atoms with van der Waals surface area (Å²) in [5, 5.41) is 12.6. The average Bonchev–Trinajstić information content (AvgIpc) is 3.26. The van der Waals surface area contributed by atoms with Crippen LogP contribution in [0.1, 0.15) is 40.0 Å². The van der Waals surface area contributed by atoms with Gasteiger partial charge in [0.2, 0.25) is 5.91 Å². The SMILES string of the molecule is COc1ccc(-n2c(SCC(=O)NC(C)CCCC(C)C)nnc2-c2ccccc2OC)cc1. The van der Waals surface area contributed by atoms with Crippen molar-refractivity contribution in [3.05, 3.63) is 48.5 Å². The highest BCUT2D eigenvalue weighted by Crippen LogP contribution is 2.33. The van der Waals surface area contributed by atoms with E-state index in [2.05, 4.69) is 36.3 Å². The molecule has 2 aromatic carbocycles. The van der Waals surface area contributed by atoms with Crippen molar-refractivity contribution in [2.24, 2.45) is 5.92 Å². The topological polar surface area (TPSA) is 78.3 Å². The van der Waals surface area contributed by atoms with Crippen LogP contribution >= 0.6 is 11.8 Å². The van der Waals surface area contributed by atoms with E-state index >= 15 is 0 Å². The van der Waals surface area contributed by atoms with Gasteiger partial charge in [0.25, 0.3) is 0 Å². The number of aromatic nitrogens is 3. The number of para-hydroxylation sites is 1. The third-order valence-electron chi connectivity index (χ3n) is 5.47. The number of methoxy groups -OCH3 is 2. The van der Waals surface area contributed by atoms with E-state index in [1.54, 1.807) is 14.2 Å². The van der Waals surface area contributed by atoms with Crippen molar-refractivity contribution in [1.29, 1.82) is 0 Å². The van der Waals surface area contributed by atoms with E-state index in [1.165, 1.54) is 18.2 Å². The second-order valence-electron chi connectivity index (χ2n) is 8.62. The molecule has 1 unspecified atom stereocenters. The smallest absolute Gasteiger partial charge is 0.230 e. The fourth-order valence-electron chi connectivity index (χ4n) is 3.68. The minimum atomic E-state index is -0.00910. The summed E-state index contributed by atoms with van der Waals surface area (Å²) in [5.41, 5.74) is 1.69. The van der Waals surface area contributed by atoms with E-state index in [1.807, 2.05) is 53.1 Å². The summed E-state index contributed by atoms with van der Waals surface area (Å²) in [5.74, 6) is 3.04. The number of nitrogens with zero attached hydrogens (tertiary/aromatic N) is 3. The standard InChI is InChI=1S/C26H34N4O3S/c1-18(2)9-8-10-19(3)27-24(31)17-34-26-29-28-25(22-11-6-7-12-23(22)33-5)30(26)20-13-15-21(32-4)16-14-20/h6-7,11-16,18-19H,8-10,17H2,1-5H3,(H,27,31). The first kappa shape index (κ1) is 25.6. The number of hydrogen-bond donors (Lipinski definition) is 1. The van der Waals surface area contributed by atoms with Crippen molar-refractivity contribution >= 4 is 17.7 Å². The lowest BCUT2D eigenvalue weighted by Crippen LogP contribution is -2.33. The molecule has 0 saturated carbocycles. The van der Waals surface area contributed by atoms with Crippen molar-refractivity contribution in [2.75, 3.05) is 20.0 Å². The first-order valence-corrected chi connectivity index (χ1v) is 12.6. The maximum Gasteiger partial charge on any atom is 0.230 e. The number of thioether (sulfide) groups is 1. The van der Waals surface area contributed by atoms with Gasteiger partial charge in [0, 0.05) is 6.04 Å². The van der Waals surface area contributed by atoms with Gasteiger partial charge in [-0.25, -0.2) is 0 Å². The molecule has 1 N–H and O–H groups in total. The predicted molar refractivity (Wildman–Crippen MR) is 137 cm³/mol. The Morgan fingerprint density at radius 1 is 1.00 bits per heavy atom. The molecule has 0 saturated heterocycles. The zero-order chi connectivity index (χ0) is 24.5. The van der Waals surface area contributed by atoms with Gasteiger partial charge in [-0.3, -0.25) is 9.36 Å². The van der Waals surface area contributed by atoms with Crippen molar-refractivity contribution in [1.82, 2.24) is 20.1 Å². The largest absolute Gasteiger partial charge is 0.497 e. The molecule has 182 valence electrons. The van der Waals surface area contributed by atoms with Crippen LogP contribution in [0.3, 0.4) is 0 Å². The number of ether oxygens (including phenoxy) is 2. The van der Waals surface area contributed by atoms with Gasteiger partial charge in [-0.05, 0) is 55.7 Å². The highest BCUT2D eigenvalue weighted by atomic mass is 32.2. The summed E-state index contributed by atoms with van der Waals surface area (Å²) in [6, 6.07) is 15.5. The van der Waals surface area contributed by atoms with Gasteiger partial charge < -0.3 is 14.8 Å². The van der Waals surface area contributed by atoms with Crippen LogP contribution < -0.4 is 14.8 Å². The van der Waals surface area contributed by atoms with Crippen LogP contribution in [-0.2, 0) is 4.79 Å². The first-order chi connectivity index (χ1) is 16.4. The Bertz CT molecular complexity index is 1070. The van der Waals surface area contributed by atoms with E-state index in [-0.39, 0.29) is 17.7 Å². The van der Waals surface area contributed by atoms with Gasteiger partial charge in [-0.1, -0.05) is 50.6 Å². The fourth-order valence-corrected chi connectivity index (χ4v) is 4.45. The van der Waals surface area contributed by atoms with E-state index in [0.717, 1.165) is 29.8 Å². The van der Waals surface area contributed by atoms with Crippen LogP contribution in [0.15, 0.2) is 53.7 Å². The Labute approximate surface area is 206 Å². The van der Waals surface area contributed by atoms with Gasteiger partial charge >= 0.3 is 0 Å². The van der Waals surface area contributed by atoms with Gasteiger partial charge in [0.05, 0.1) is 31.2 Å². The van der Waals surface area contributed by atoms with Crippen molar-refractivity contribution in [2.45, 2.75) is 51.2 Å². The van der Waals surface area contributed by atoms with Crippen LogP contribution in [0.5, 0.6) is 11.5 Å². The minimum Gasteiger partial charge on any atom is -0.497 e. The highest BCUT2D eigenvalue weighted by Gasteiger charge is 2.20. The van der Waals surface area contributed by atoms with E-state index in [0.29, 0.717) is 22.6 Å². The van der Waals surface area contributed by atoms with Gasteiger partial charge in [-0.2, -0.15) is 0 Å². The summed E-state index contributed by atoms with van der Waals surface area (Å²) < 4.78 is 12.8. The molecule has 0 bridgehead atoms. The molecule has 3 aromatic rings. The Morgan fingerprint density at radius 2 is 1.74 bits per heavy atom. The van der Waals surface area contributed by atoms with Crippen LogP contribution in [0.4, 0.5) is 0 Å². The average molecular weight is 483 g/mol. The van der Waals surface area contributed by atoms with Gasteiger partial charge in [0.1, 0.15) is 11.5 Å². The molecule has 0 radical (unpaired) electrons. The molecule has 1 amide bonds. The second kappa shape index (κ2) is 12.5. The van der Waals surface area contributed by atoms with Gasteiger partial charge in [0.15, 0.2) is 11.0 Å². The molecule has 1 aromatic heterocycles. The summed E-state index contributed by atoms with van der Waals surface area (Å²) >= 11 is 1.36. The molecule has 0 fully saturated rings. The summed E-state index contributed by atoms with van der Waals surface area (Å²) in [7, 11) is 3.27. The highest BCUT2D eigenvalue weighted by molar-refractivity contribution is 7.99. The Kier molecular flexibility index (Phi) is 9.39. The quantitative estimate of drug-likeness (QED) is 0.350. The molecule has 34 heavy (non-hydrogen) atoms. The number of rotatable bonds is 12. The maximum absolute atomic E-state index is 12.6. The predicted octanol–water partition coefficient (Wildman–Crippen LogP) is 5.37. The van der Waals surface area contributed by atoms with Crippen molar-refractivity contribution in [3.63, 3.8) is 0 Å². The van der Waals surface area contributed by atoms with Crippen molar-refractivity contribution < 1.29 is 14.3 Å². The lowest BCUT2D eigenvalue weighted by molar-refractivity contribution is -0.119. The molecule has 7 nitrogen and oxygen atoms in total. The number of amides is 1. The monoisotopic (exact) mass is 482 g/mol. The molecule has 0 aliphatic heterocycles. The fraction of sp³-hybridized carbons (Fsp3) is 0.423. The van der Waals surface area contributed by atoms with E-state index in [9.17, 15) is 4.79 Å². The first-order valence-electron chi connectivity index (χ1n) is 11.6.